The first-order chi connectivity index (χ1) is 7.84. The summed E-state index contributed by atoms with van der Waals surface area (Å²) in [4.78, 5) is 0. The molecule has 18 heavy (non-hydrogen) atoms. The van der Waals surface area contributed by atoms with E-state index in [1.165, 1.54) is 0 Å². The molecule has 1 saturated heterocycles. The minimum atomic E-state index is -6.46. The van der Waals surface area contributed by atoms with Crippen molar-refractivity contribution in [3.8, 4) is 0 Å². The molecule has 10 heteroatoms. The van der Waals surface area contributed by atoms with Gasteiger partial charge in [-0.25, -0.2) is 0 Å². The Morgan fingerprint density at radius 1 is 0.889 bits per heavy atom. The summed E-state index contributed by atoms with van der Waals surface area (Å²) in [5.41, 5.74) is 0. The molecular weight excluding hydrogens is 275 g/mol. The van der Waals surface area contributed by atoms with Crippen LogP contribution < -0.4 is 5.32 Å². The van der Waals surface area contributed by atoms with Gasteiger partial charge >= 0.3 is 18.0 Å². The fraction of sp³-hybridized carbons (Fsp3) is 1.00. The second-order valence-electron chi connectivity index (χ2n) is 4.11. The van der Waals surface area contributed by atoms with Crippen LogP contribution in [-0.2, 0) is 0 Å². The fourth-order valence-corrected chi connectivity index (χ4v) is 1.68. The Balaban J connectivity index is 3.08. The molecule has 3 nitrogen and oxygen atoms in total. The summed E-state index contributed by atoms with van der Waals surface area (Å²) in [6.07, 6.45) is -10.7. The third-order valence-electron chi connectivity index (χ3n) is 2.81. The van der Waals surface area contributed by atoms with E-state index in [4.69, 9.17) is 10.2 Å². The van der Waals surface area contributed by atoms with Gasteiger partial charge in [0.15, 0.2) is 0 Å². The number of aliphatic hydroxyl groups excluding tert-OH is 2. The Morgan fingerprint density at radius 2 is 1.33 bits per heavy atom. The molecule has 1 fully saturated rings. The lowest BCUT2D eigenvalue weighted by atomic mass is 9.98. The molecule has 0 radical (unpaired) electrons. The van der Waals surface area contributed by atoms with Crippen LogP contribution in [0, 0.1) is 0 Å². The van der Waals surface area contributed by atoms with Gasteiger partial charge in [-0.1, -0.05) is 0 Å². The third kappa shape index (κ3) is 2.05. The van der Waals surface area contributed by atoms with Gasteiger partial charge in [-0.05, 0) is 6.92 Å². The van der Waals surface area contributed by atoms with Gasteiger partial charge in [-0.2, -0.15) is 30.7 Å². The smallest absolute Gasteiger partial charge is 0.389 e. The molecular formula is C8H10F7NO2. The summed E-state index contributed by atoms with van der Waals surface area (Å²) in [6, 6.07) is -4.13. The highest BCUT2D eigenvalue weighted by Gasteiger charge is 2.77. The molecule has 0 aliphatic carbocycles. The monoisotopic (exact) mass is 285 g/mol. The first kappa shape index (κ1) is 15.4. The predicted molar refractivity (Wildman–Crippen MR) is 44.3 cm³/mol. The quantitative estimate of drug-likeness (QED) is 0.661. The summed E-state index contributed by atoms with van der Waals surface area (Å²) in [5.74, 6) is -11.9. The number of alkyl halides is 7. The molecule has 1 aliphatic rings. The van der Waals surface area contributed by atoms with Crippen molar-refractivity contribution in [3.63, 3.8) is 0 Å². The summed E-state index contributed by atoms with van der Waals surface area (Å²) < 4.78 is 87.5. The van der Waals surface area contributed by atoms with Crippen LogP contribution in [0.25, 0.3) is 0 Å². The second kappa shape index (κ2) is 4.20. The van der Waals surface area contributed by atoms with E-state index < -0.39 is 42.3 Å². The van der Waals surface area contributed by atoms with Crippen LogP contribution in [0.15, 0.2) is 0 Å². The zero-order chi connectivity index (χ0) is 14.5. The van der Waals surface area contributed by atoms with Gasteiger partial charge in [0.05, 0.1) is 6.10 Å². The normalized spacial score (nSPS) is 35.0. The SMILES string of the molecule is C[C@@H]1N[C@@H](C(F)(F)C(F)(F)C(F)(F)F)[C@H](O)[C@@H]1O. The van der Waals surface area contributed by atoms with Crippen molar-refractivity contribution in [2.24, 2.45) is 0 Å². The number of hydrogen-bond acceptors (Lipinski definition) is 3. The van der Waals surface area contributed by atoms with E-state index in [9.17, 15) is 30.7 Å². The van der Waals surface area contributed by atoms with Gasteiger partial charge in [0.2, 0.25) is 0 Å². The zero-order valence-electron chi connectivity index (χ0n) is 8.85. The highest BCUT2D eigenvalue weighted by molar-refractivity contribution is 5.08. The Kier molecular flexibility index (Phi) is 3.61. The van der Waals surface area contributed by atoms with Crippen LogP contribution in [0.1, 0.15) is 6.92 Å². The fourth-order valence-electron chi connectivity index (χ4n) is 1.68. The number of halogens is 7. The second-order valence-corrected chi connectivity index (χ2v) is 4.11. The van der Waals surface area contributed by atoms with Gasteiger partial charge in [0.25, 0.3) is 0 Å². The Labute approximate surface area is 96.6 Å². The van der Waals surface area contributed by atoms with E-state index in [0.29, 0.717) is 0 Å². The molecule has 0 aromatic heterocycles. The summed E-state index contributed by atoms with van der Waals surface area (Å²) >= 11 is 0. The number of rotatable bonds is 2. The van der Waals surface area contributed by atoms with E-state index in [1.807, 2.05) is 0 Å². The highest BCUT2D eigenvalue weighted by atomic mass is 19.4. The molecule has 0 unspecified atom stereocenters. The van der Waals surface area contributed by atoms with Crippen molar-refractivity contribution in [3.05, 3.63) is 0 Å². The largest absolute Gasteiger partial charge is 0.459 e. The molecule has 0 saturated carbocycles. The lowest BCUT2D eigenvalue weighted by Crippen LogP contribution is -2.63. The van der Waals surface area contributed by atoms with Crippen LogP contribution >= 0.6 is 0 Å². The minimum Gasteiger partial charge on any atom is -0.389 e. The molecule has 4 atom stereocenters. The summed E-state index contributed by atoms with van der Waals surface area (Å²) in [5, 5.41) is 19.8. The predicted octanol–water partition coefficient (Wildman–Crippen LogP) is 0.901. The number of hydrogen-bond donors (Lipinski definition) is 3. The van der Waals surface area contributed by atoms with Crippen molar-refractivity contribution in [1.29, 1.82) is 0 Å². The Hall–Kier alpha value is -0.610. The van der Waals surface area contributed by atoms with Crippen LogP contribution in [0.3, 0.4) is 0 Å². The highest BCUT2D eigenvalue weighted by Crippen LogP contribution is 2.49. The Morgan fingerprint density at radius 3 is 1.61 bits per heavy atom. The molecule has 108 valence electrons. The summed E-state index contributed by atoms with van der Waals surface area (Å²) in [7, 11) is 0. The molecule has 0 bridgehead atoms. The zero-order valence-corrected chi connectivity index (χ0v) is 8.85. The van der Waals surface area contributed by atoms with Gasteiger partial charge in [-0.15, -0.1) is 0 Å². The van der Waals surface area contributed by atoms with Crippen LogP contribution in [0.2, 0.25) is 0 Å². The average Bonchev–Trinajstić information content (AvgIpc) is 2.44. The lowest BCUT2D eigenvalue weighted by Gasteiger charge is -2.33. The van der Waals surface area contributed by atoms with Crippen molar-refractivity contribution in [2.45, 2.75) is 49.2 Å². The van der Waals surface area contributed by atoms with Crippen molar-refractivity contribution < 1.29 is 40.9 Å². The van der Waals surface area contributed by atoms with E-state index in [1.54, 1.807) is 5.32 Å². The van der Waals surface area contributed by atoms with Gasteiger partial charge in [0, 0.05) is 6.04 Å². The van der Waals surface area contributed by atoms with Crippen LogP contribution in [0.5, 0.6) is 0 Å². The molecule has 0 aromatic rings. The minimum absolute atomic E-state index is 1.07. The molecule has 1 heterocycles. The molecule has 1 rings (SSSR count). The standard InChI is InChI=1S/C8H10F7NO2/c1-2-3(17)4(18)5(16-2)6(9,10)7(11,12)8(13,14)15/h2-5,16-18H,1H3/t2-,3+,4+,5+/m0/s1. The van der Waals surface area contributed by atoms with E-state index in [-0.39, 0.29) is 0 Å². The number of nitrogens with one attached hydrogen (secondary N) is 1. The molecule has 0 spiro atoms. The maximum Gasteiger partial charge on any atom is 0.459 e. The molecule has 1 aliphatic heterocycles. The van der Waals surface area contributed by atoms with Gasteiger partial charge in [-0.3, -0.25) is 0 Å². The molecule has 0 aromatic carbocycles. The van der Waals surface area contributed by atoms with Gasteiger partial charge < -0.3 is 15.5 Å². The molecule has 0 amide bonds. The van der Waals surface area contributed by atoms with Crippen molar-refractivity contribution in [2.75, 3.05) is 0 Å². The van der Waals surface area contributed by atoms with E-state index in [2.05, 4.69) is 0 Å². The first-order valence-electron chi connectivity index (χ1n) is 4.78. The lowest BCUT2D eigenvalue weighted by molar-refractivity contribution is -0.362. The van der Waals surface area contributed by atoms with Gasteiger partial charge in [0.1, 0.15) is 12.1 Å². The maximum absolute atomic E-state index is 13.2. The maximum atomic E-state index is 13.2. The Bertz CT molecular complexity index is 319. The van der Waals surface area contributed by atoms with E-state index in [0.717, 1.165) is 6.92 Å². The van der Waals surface area contributed by atoms with Crippen molar-refractivity contribution in [1.82, 2.24) is 5.32 Å². The van der Waals surface area contributed by atoms with E-state index >= 15 is 0 Å². The topological polar surface area (TPSA) is 52.5 Å². The first-order valence-corrected chi connectivity index (χ1v) is 4.78. The van der Waals surface area contributed by atoms with Crippen LogP contribution in [-0.4, -0.2) is 52.5 Å². The third-order valence-corrected chi connectivity index (χ3v) is 2.81. The average molecular weight is 285 g/mol. The number of aliphatic hydroxyl groups is 2. The summed E-state index contributed by atoms with van der Waals surface area (Å²) in [6.45, 7) is 1.07. The molecule has 3 N–H and O–H groups in total. The van der Waals surface area contributed by atoms with Crippen molar-refractivity contribution >= 4 is 0 Å². The van der Waals surface area contributed by atoms with Crippen LogP contribution in [0.4, 0.5) is 30.7 Å².